The van der Waals surface area contributed by atoms with Gasteiger partial charge in [-0.1, -0.05) is 12.1 Å². The fourth-order valence-electron chi connectivity index (χ4n) is 2.71. The molecular weight excluding hydrogens is 346 g/mol. The van der Waals surface area contributed by atoms with Crippen LogP contribution < -0.4 is 5.14 Å². The highest BCUT2D eigenvalue weighted by Gasteiger charge is 2.17. The van der Waals surface area contributed by atoms with Gasteiger partial charge >= 0.3 is 0 Å². The summed E-state index contributed by atoms with van der Waals surface area (Å²) in [5, 5.41) is 5.09. The predicted molar refractivity (Wildman–Crippen MR) is 93.5 cm³/mol. The van der Waals surface area contributed by atoms with Gasteiger partial charge < -0.3 is 0 Å². The smallest absolute Gasteiger partial charge is 0.238 e. The fourth-order valence-corrected chi connectivity index (χ4v) is 3.23. The summed E-state index contributed by atoms with van der Waals surface area (Å²) in [7, 11) is -3.82. The van der Waals surface area contributed by atoms with Gasteiger partial charge in [-0.15, -0.1) is 0 Å². The molecule has 2 N–H and O–H groups in total. The summed E-state index contributed by atoms with van der Waals surface area (Å²) < 4.78 is 50.3. The molecule has 130 valence electrons. The highest BCUT2D eigenvalue weighted by Crippen LogP contribution is 2.34. The number of hydrogen-bond donors (Lipinski definition) is 1. The number of hydrogen-bond acceptors (Lipinski definition) is 3. The largest absolute Gasteiger partial charge is 0.266 e. The monoisotopic (exact) mass is 362 g/mol. The van der Waals surface area contributed by atoms with Crippen LogP contribution in [0.25, 0.3) is 16.7 Å². The van der Waals surface area contributed by atoms with E-state index in [0.717, 1.165) is 29.8 Å². The SMILES string of the molecule is CC1=NC=C(c2cc(F)c(F)cc2-c2ccc(S(N)(=O)=O)cc2)CC1. The molecule has 0 aromatic heterocycles. The van der Waals surface area contributed by atoms with Crippen molar-refractivity contribution in [2.45, 2.75) is 24.7 Å². The molecule has 0 spiro atoms. The van der Waals surface area contributed by atoms with Crippen LogP contribution in [0, 0.1) is 11.6 Å². The maximum absolute atomic E-state index is 13.8. The molecule has 0 unspecified atom stereocenters. The minimum atomic E-state index is -3.82. The lowest BCUT2D eigenvalue weighted by Gasteiger charge is -2.16. The maximum Gasteiger partial charge on any atom is 0.238 e. The van der Waals surface area contributed by atoms with E-state index in [1.54, 1.807) is 6.20 Å². The zero-order valence-corrected chi connectivity index (χ0v) is 14.3. The van der Waals surface area contributed by atoms with Crippen molar-refractivity contribution in [3.8, 4) is 11.1 Å². The number of rotatable bonds is 3. The van der Waals surface area contributed by atoms with Crippen molar-refractivity contribution in [1.29, 1.82) is 0 Å². The summed E-state index contributed by atoms with van der Waals surface area (Å²) in [4.78, 5) is 4.22. The molecule has 0 aliphatic carbocycles. The summed E-state index contributed by atoms with van der Waals surface area (Å²) in [5.74, 6) is -1.91. The van der Waals surface area contributed by atoms with Gasteiger partial charge in [-0.3, -0.25) is 4.99 Å². The average Bonchev–Trinajstić information content (AvgIpc) is 2.57. The Kier molecular flexibility index (Phi) is 4.53. The first-order valence-corrected chi connectivity index (χ1v) is 9.15. The van der Waals surface area contributed by atoms with Crippen molar-refractivity contribution in [2.75, 3.05) is 0 Å². The van der Waals surface area contributed by atoms with Crippen LogP contribution in [0.5, 0.6) is 0 Å². The van der Waals surface area contributed by atoms with Gasteiger partial charge in [-0.05, 0) is 66.3 Å². The maximum atomic E-state index is 13.8. The van der Waals surface area contributed by atoms with E-state index in [4.69, 9.17) is 5.14 Å². The van der Waals surface area contributed by atoms with Crippen molar-refractivity contribution in [2.24, 2.45) is 10.1 Å². The fraction of sp³-hybridized carbons (Fsp3) is 0.167. The number of allylic oxidation sites excluding steroid dienone is 1. The number of benzene rings is 2. The van der Waals surface area contributed by atoms with Crippen LogP contribution in [-0.4, -0.2) is 14.1 Å². The first-order chi connectivity index (χ1) is 11.8. The molecule has 2 aromatic carbocycles. The standard InChI is InChI=1S/C18H16F2N2O2S/c1-11-2-3-13(10-22-11)16-9-18(20)17(19)8-15(16)12-4-6-14(7-5-12)25(21,23)24/h4-10H,2-3H2,1H3,(H2,21,23,24). The molecule has 0 atom stereocenters. The van der Waals surface area contributed by atoms with E-state index in [0.29, 0.717) is 23.1 Å². The van der Waals surface area contributed by atoms with Gasteiger partial charge in [0, 0.05) is 11.9 Å². The normalized spacial score (nSPS) is 14.9. The molecule has 0 fully saturated rings. The molecule has 0 radical (unpaired) electrons. The minimum Gasteiger partial charge on any atom is -0.266 e. The van der Waals surface area contributed by atoms with Crippen LogP contribution in [0.1, 0.15) is 25.3 Å². The highest BCUT2D eigenvalue weighted by atomic mass is 32.2. The van der Waals surface area contributed by atoms with E-state index in [9.17, 15) is 17.2 Å². The van der Waals surface area contributed by atoms with Gasteiger partial charge in [0.1, 0.15) is 0 Å². The van der Waals surface area contributed by atoms with Gasteiger partial charge in [-0.2, -0.15) is 0 Å². The van der Waals surface area contributed by atoms with E-state index in [-0.39, 0.29) is 4.90 Å². The second-order valence-corrected chi connectivity index (χ2v) is 7.46. The van der Waals surface area contributed by atoms with Crippen LogP contribution in [0.2, 0.25) is 0 Å². The molecular formula is C18H16F2N2O2S. The van der Waals surface area contributed by atoms with Crippen LogP contribution >= 0.6 is 0 Å². The van der Waals surface area contributed by atoms with Crippen molar-refractivity contribution in [3.63, 3.8) is 0 Å². The second kappa shape index (κ2) is 6.50. The van der Waals surface area contributed by atoms with Crippen molar-refractivity contribution >= 4 is 21.3 Å². The molecule has 1 aliphatic rings. The zero-order chi connectivity index (χ0) is 18.2. The molecule has 1 aliphatic heterocycles. The van der Waals surface area contributed by atoms with Gasteiger partial charge in [0.05, 0.1) is 4.90 Å². The molecule has 0 bridgehead atoms. The quantitative estimate of drug-likeness (QED) is 0.900. The van der Waals surface area contributed by atoms with Gasteiger partial charge in [-0.25, -0.2) is 22.3 Å². The van der Waals surface area contributed by atoms with Crippen LogP contribution in [0.3, 0.4) is 0 Å². The molecule has 25 heavy (non-hydrogen) atoms. The first kappa shape index (κ1) is 17.4. The molecule has 1 heterocycles. The van der Waals surface area contributed by atoms with E-state index >= 15 is 0 Å². The molecule has 7 heteroatoms. The van der Waals surface area contributed by atoms with E-state index < -0.39 is 21.7 Å². The number of nitrogens with two attached hydrogens (primary N) is 1. The molecule has 3 rings (SSSR count). The van der Waals surface area contributed by atoms with Crippen molar-refractivity contribution < 1.29 is 17.2 Å². The highest BCUT2D eigenvalue weighted by molar-refractivity contribution is 7.89. The number of aliphatic imine (C=N–C) groups is 1. The molecule has 2 aromatic rings. The Morgan fingerprint density at radius 2 is 1.60 bits per heavy atom. The summed E-state index contributed by atoms with van der Waals surface area (Å²) in [5.41, 5.74) is 3.35. The van der Waals surface area contributed by atoms with Gasteiger partial charge in [0.15, 0.2) is 11.6 Å². The van der Waals surface area contributed by atoms with Gasteiger partial charge in [0.25, 0.3) is 0 Å². The van der Waals surface area contributed by atoms with Crippen molar-refractivity contribution in [3.05, 3.63) is 59.8 Å². The van der Waals surface area contributed by atoms with Crippen LogP contribution in [0.4, 0.5) is 8.78 Å². The number of nitrogens with zero attached hydrogens (tertiary/aromatic N) is 1. The van der Waals surface area contributed by atoms with Crippen LogP contribution in [0.15, 0.2) is 52.5 Å². The second-order valence-electron chi connectivity index (χ2n) is 5.90. The Bertz CT molecular complexity index is 994. The predicted octanol–water partition coefficient (Wildman–Crippen LogP) is 3.87. The molecule has 0 saturated carbocycles. The first-order valence-electron chi connectivity index (χ1n) is 7.60. The Hall–Kier alpha value is -2.38. The number of halogens is 2. The Morgan fingerprint density at radius 1 is 1.00 bits per heavy atom. The third-order valence-corrected chi connectivity index (χ3v) is 5.03. The van der Waals surface area contributed by atoms with E-state index in [1.807, 2.05) is 6.92 Å². The Labute approximate surface area is 144 Å². The molecule has 0 saturated heterocycles. The Balaban J connectivity index is 2.14. The number of primary sulfonamides is 1. The lowest BCUT2D eigenvalue weighted by Crippen LogP contribution is -2.11. The van der Waals surface area contributed by atoms with Crippen LogP contribution in [-0.2, 0) is 10.0 Å². The third-order valence-electron chi connectivity index (χ3n) is 4.10. The lowest BCUT2D eigenvalue weighted by molar-refractivity contribution is 0.508. The third kappa shape index (κ3) is 3.67. The van der Waals surface area contributed by atoms with Crippen molar-refractivity contribution in [1.82, 2.24) is 0 Å². The summed E-state index contributed by atoms with van der Waals surface area (Å²) in [6, 6.07) is 7.99. The average molecular weight is 362 g/mol. The zero-order valence-electron chi connectivity index (χ0n) is 13.5. The minimum absolute atomic E-state index is 0.0440. The van der Waals surface area contributed by atoms with E-state index in [1.165, 1.54) is 24.3 Å². The summed E-state index contributed by atoms with van der Waals surface area (Å²) >= 11 is 0. The van der Waals surface area contributed by atoms with E-state index in [2.05, 4.69) is 4.99 Å². The molecule has 0 amide bonds. The summed E-state index contributed by atoms with van der Waals surface area (Å²) in [6.07, 6.45) is 3.07. The lowest BCUT2D eigenvalue weighted by atomic mass is 9.91. The molecule has 4 nitrogen and oxygen atoms in total. The van der Waals surface area contributed by atoms with Gasteiger partial charge in [0.2, 0.25) is 10.0 Å². The topological polar surface area (TPSA) is 72.5 Å². The number of sulfonamides is 1. The summed E-state index contributed by atoms with van der Waals surface area (Å²) in [6.45, 7) is 1.91. The Morgan fingerprint density at radius 3 is 2.12 bits per heavy atom.